The van der Waals surface area contributed by atoms with Crippen LogP contribution < -0.4 is 11.2 Å². The summed E-state index contributed by atoms with van der Waals surface area (Å²) < 4.78 is 1.02. The van der Waals surface area contributed by atoms with Crippen LogP contribution in [-0.2, 0) is 6.42 Å². The standard InChI is InChI=1S/C18H17BrClN5/c19-14-3-6-17-16(9-14)13(10-23-17)11-24-25-18(21)22-8-7-12-1-4-15(20)5-2-12/h1-6,9-11,23H,7-8H2,(H3,21,22,25)/b24-11+. The number of nitrogens with one attached hydrogen (secondary N) is 2. The van der Waals surface area contributed by atoms with Gasteiger partial charge in [0.05, 0.1) is 6.21 Å². The molecule has 0 unspecified atom stereocenters. The van der Waals surface area contributed by atoms with Gasteiger partial charge in [-0.15, -0.1) is 0 Å². The quantitative estimate of drug-likeness (QED) is 0.332. The van der Waals surface area contributed by atoms with Crippen LogP contribution >= 0.6 is 27.5 Å². The maximum Gasteiger partial charge on any atom is 0.209 e. The van der Waals surface area contributed by atoms with E-state index in [9.17, 15) is 0 Å². The minimum Gasteiger partial charge on any atom is -0.369 e. The van der Waals surface area contributed by atoms with Gasteiger partial charge in [0.25, 0.3) is 0 Å². The normalized spacial score (nSPS) is 12.2. The van der Waals surface area contributed by atoms with Gasteiger partial charge in [0, 0.05) is 38.7 Å². The molecule has 0 spiro atoms. The molecule has 3 rings (SSSR count). The number of hydrogen-bond acceptors (Lipinski definition) is 2. The van der Waals surface area contributed by atoms with Crippen molar-refractivity contribution in [2.75, 3.05) is 6.54 Å². The lowest BCUT2D eigenvalue weighted by molar-refractivity contribution is 0.926. The van der Waals surface area contributed by atoms with Crippen molar-refractivity contribution in [3.05, 3.63) is 69.3 Å². The summed E-state index contributed by atoms with van der Waals surface area (Å²) in [4.78, 5) is 7.46. The Morgan fingerprint density at radius 2 is 2.04 bits per heavy atom. The molecule has 7 heteroatoms. The molecule has 0 bridgehead atoms. The summed E-state index contributed by atoms with van der Waals surface area (Å²) in [5.41, 5.74) is 11.8. The fourth-order valence-corrected chi connectivity index (χ4v) is 2.87. The molecule has 0 amide bonds. The summed E-state index contributed by atoms with van der Waals surface area (Å²) in [6, 6.07) is 13.7. The lowest BCUT2D eigenvalue weighted by Crippen LogP contribution is -2.27. The van der Waals surface area contributed by atoms with Crippen LogP contribution in [0.25, 0.3) is 10.9 Å². The Bertz CT molecular complexity index is 915. The molecule has 0 aliphatic carbocycles. The van der Waals surface area contributed by atoms with E-state index in [4.69, 9.17) is 17.3 Å². The minimum atomic E-state index is 0.284. The molecular formula is C18H17BrClN5. The highest BCUT2D eigenvalue weighted by Gasteiger charge is 2.01. The van der Waals surface area contributed by atoms with E-state index >= 15 is 0 Å². The van der Waals surface area contributed by atoms with Gasteiger partial charge in [-0.3, -0.25) is 4.99 Å². The number of hydrogen-bond donors (Lipinski definition) is 3. The van der Waals surface area contributed by atoms with Crippen LogP contribution in [0, 0.1) is 0 Å². The van der Waals surface area contributed by atoms with Gasteiger partial charge in [-0.2, -0.15) is 5.10 Å². The van der Waals surface area contributed by atoms with Crippen LogP contribution in [0.5, 0.6) is 0 Å². The van der Waals surface area contributed by atoms with Gasteiger partial charge in [0.2, 0.25) is 5.96 Å². The van der Waals surface area contributed by atoms with Crippen LogP contribution in [0.1, 0.15) is 11.1 Å². The molecule has 4 N–H and O–H groups in total. The van der Waals surface area contributed by atoms with Gasteiger partial charge in [-0.1, -0.05) is 39.7 Å². The molecule has 5 nitrogen and oxygen atoms in total. The Balaban J connectivity index is 1.55. The first-order valence-electron chi connectivity index (χ1n) is 7.72. The second-order valence-electron chi connectivity index (χ2n) is 5.45. The number of aromatic nitrogens is 1. The van der Waals surface area contributed by atoms with Gasteiger partial charge >= 0.3 is 0 Å². The molecule has 0 atom stereocenters. The molecule has 1 heterocycles. The number of nitrogens with two attached hydrogens (primary N) is 1. The molecule has 0 fully saturated rings. The van der Waals surface area contributed by atoms with Crippen molar-refractivity contribution in [2.45, 2.75) is 6.42 Å². The van der Waals surface area contributed by atoms with Crippen LogP contribution in [0.4, 0.5) is 0 Å². The zero-order valence-corrected chi connectivity index (χ0v) is 15.7. The number of guanidine groups is 1. The molecule has 128 valence electrons. The average Bonchev–Trinajstić information content (AvgIpc) is 2.99. The van der Waals surface area contributed by atoms with Crippen LogP contribution in [0.15, 0.2) is 63.2 Å². The third-order valence-electron chi connectivity index (χ3n) is 3.65. The topological polar surface area (TPSA) is 78.6 Å². The number of benzene rings is 2. The van der Waals surface area contributed by atoms with E-state index in [1.165, 1.54) is 0 Å². The second kappa shape index (κ2) is 8.18. The third kappa shape index (κ3) is 4.84. The number of aromatic amines is 1. The van der Waals surface area contributed by atoms with E-state index in [1.807, 2.05) is 48.7 Å². The smallest absolute Gasteiger partial charge is 0.209 e. The fraction of sp³-hybridized carbons (Fsp3) is 0.111. The molecule has 0 saturated carbocycles. The summed E-state index contributed by atoms with van der Waals surface area (Å²) in [5.74, 6) is 0.284. The van der Waals surface area contributed by atoms with E-state index in [1.54, 1.807) is 6.21 Å². The molecule has 25 heavy (non-hydrogen) atoms. The maximum atomic E-state index is 5.86. The zero-order chi connectivity index (χ0) is 17.6. The zero-order valence-electron chi connectivity index (χ0n) is 13.3. The molecular weight excluding hydrogens is 402 g/mol. The van der Waals surface area contributed by atoms with Crippen LogP contribution in [0.2, 0.25) is 5.02 Å². The van der Waals surface area contributed by atoms with Gasteiger partial charge in [0.15, 0.2) is 0 Å². The molecule has 0 aliphatic heterocycles. The van der Waals surface area contributed by atoms with Crippen molar-refractivity contribution in [1.29, 1.82) is 0 Å². The Hall–Kier alpha value is -2.31. The Morgan fingerprint density at radius 1 is 1.24 bits per heavy atom. The summed E-state index contributed by atoms with van der Waals surface area (Å²) in [6.45, 7) is 0.579. The molecule has 2 aromatic carbocycles. The summed E-state index contributed by atoms with van der Waals surface area (Å²) in [7, 11) is 0. The van der Waals surface area contributed by atoms with Crippen molar-refractivity contribution < 1.29 is 0 Å². The predicted octanol–water partition coefficient (Wildman–Crippen LogP) is 4.06. The number of halogens is 2. The first kappa shape index (κ1) is 17.5. The average molecular weight is 419 g/mol. The summed E-state index contributed by atoms with van der Waals surface area (Å²) >= 11 is 9.34. The number of H-pyrrole nitrogens is 1. The summed E-state index contributed by atoms with van der Waals surface area (Å²) in [6.07, 6.45) is 4.41. The number of fused-ring (bicyclic) bond motifs is 1. The number of hydrazone groups is 1. The van der Waals surface area contributed by atoms with Gasteiger partial charge < -0.3 is 10.7 Å². The van der Waals surface area contributed by atoms with E-state index < -0.39 is 0 Å². The SMILES string of the molecule is NC(=NCCc1ccc(Cl)cc1)N/N=C/c1c[nH]c2ccc(Br)cc12. The molecule has 0 aliphatic rings. The van der Waals surface area contributed by atoms with E-state index in [0.29, 0.717) is 6.54 Å². The van der Waals surface area contributed by atoms with Gasteiger partial charge in [-0.05, 0) is 42.3 Å². The Kier molecular flexibility index (Phi) is 5.73. The number of aliphatic imine (C=N–C) groups is 1. The van der Waals surface area contributed by atoms with Crippen LogP contribution in [-0.4, -0.2) is 23.7 Å². The molecule has 3 aromatic rings. The van der Waals surface area contributed by atoms with Crippen molar-refractivity contribution in [1.82, 2.24) is 10.4 Å². The number of rotatable bonds is 5. The van der Waals surface area contributed by atoms with E-state index in [2.05, 4.69) is 36.4 Å². The largest absolute Gasteiger partial charge is 0.369 e. The van der Waals surface area contributed by atoms with E-state index in [0.717, 1.165) is 37.9 Å². The molecule has 0 radical (unpaired) electrons. The number of nitrogens with zero attached hydrogens (tertiary/aromatic N) is 2. The van der Waals surface area contributed by atoms with Gasteiger partial charge in [0.1, 0.15) is 0 Å². The molecule has 1 aromatic heterocycles. The lowest BCUT2D eigenvalue weighted by Gasteiger charge is -2.01. The monoisotopic (exact) mass is 417 g/mol. The Labute approximate surface area is 159 Å². The Morgan fingerprint density at radius 3 is 2.84 bits per heavy atom. The van der Waals surface area contributed by atoms with E-state index in [-0.39, 0.29) is 5.96 Å². The third-order valence-corrected chi connectivity index (χ3v) is 4.40. The first-order valence-corrected chi connectivity index (χ1v) is 8.89. The van der Waals surface area contributed by atoms with Crippen molar-refractivity contribution in [3.63, 3.8) is 0 Å². The predicted molar refractivity (Wildman–Crippen MR) is 108 cm³/mol. The highest BCUT2D eigenvalue weighted by atomic mass is 79.9. The summed E-state index contributed by atoms with van der Waals surface area (Å²) in [5, 5.41) is 5.96. The molecule has 0 saturated heterocycles. The van der Waals surface area contributed by atoms with Crippen molar-refractivity contribution >= 4 is 50.6 Å². The highest BCUT2D eigenvalue weighted by Crippen LogP contribution is 2.21. The first-order chi connectivity index (χ1) is 12.1. The fourth-order valence-electron chi connectivity index (χ4n) is 2.38. The van der Waals surface area contributed by atoms with Gasteiger partial charge in [-0.25, -0.2) is 5.43 Å². The second-order valence-corrected chi connectivity index (χ2v) is 6.80. The highest BCUT2D eigenvalue weighted by molar-refractivity contribution is 9.10. The lowest BCUT2D eigenvalue weighted by atomic mass is 10.1. The minimum absolute atomic E-state index is 0.284. The van der Waals surface area contributed by atoms with Crippen molar-refractivity contribution in [2.24, 2.45) is 15.8 Å². The van der Waals surface area contributed by atoms with Crippen molar-refractivity contribution in [3.8, 4) is 0 Å². The van der Waals surface area contributed by atoms with Crippen LogP contribution in [0.3, 0.4) is 0 Å². The maximum absolute atomic E-state index is 5.86.